The monoisotopic (exact) mass is 339 g/mol. The van der Waals surface area contributed by atoms with Gasteiger partial charge in [0.2, 0.25) is 11.8 Å². The van der Waals surface area contributed by atoms with E-state index < -0.39 is 6.04 Å². The molecular formula is C19H21N3O3. The first-order valence-corrected chi connectivity index (χ1v) is 8.35. The summed E-state index contributed by atoms with van der Waals surface area (Å²) < 4.78 is 5.64. The van der Waals surface area contributed by atoms with Gasteiger partial charge in [-0.1, -0.05) is 31.2 Å². The lowest BCUT2D eigenvalue weighted by Crippen LogP contribution is -2.41. The highest BCUT2D eigenvalue weighted by atomic mass is 16.5. The molecule has 0 saturated heterocycles. The number of fused-ring (bicyclic) bond motifs is 1. The second kappa shape index (κ2) is 7.70. The van der Waals surface area contributed by atoms with Gasteiger partial charge < -0.3 is 20.7 Å². The Morgan fingerprint density at radius 2 is 1.84 bits per heavy atom. The predicted molar refractivity (Wildman–Crippen MR) is 98.0 cm³/mol. The van der Waals surface area contributed by atoms with Gasteiger partial charge in [0.1, 0.15) is 11.8 Å². The summed E-state index contributed by atoms with van der Waals surface area (Å²) in [6.45, 7) is 2.60. The van der Waals surface area contributed by atoms with Crippen LogP contribution in [0.25, 0.3) is 0 Å². The van der Waals surface area contributed by atoms with Gasteiger partial charge in [-0.25, -0.2) is 0 Å². The average molecular weight is 339 g/mol. The number of ether oxygens (including phenoxy) is 1. The highest BCUT2D eigenvalue weighted by molar-refractivity contribution is 6.06. The third-order valence-electron chi connectivity index (χ3n) is 3.84. The van der Waals surface area contributed by atoms with Gasteiger partial charge in [-0.05, 0) is 30.7 Å². The Hall–Kier alpha value is -3.02. The molecule has 2 aromatic rings. The van der Waals surface area contributed by atoms with Crippen LogP contribution in [0.5, 0.6) is 5.75 Å². The van der Waals surface area contributed by atoms with Crippen LogP contribution in [-0.4, -0.2) is 24.5 Å². The van der Waals surface area contributed by atoms with E-state index in [-0.39, 0.29) is 18.2 Å². The number of nitrogens with one attached hydrogen (secondary N) is 3. The first-order valence-electron chi connectivity index (χ1n) is 8.35. The molecule has 6 heteroatoms. The quantitative estimate of drug-likeness (QED) is 0.755. The van der Waals surface area contributed by atoms with Crippen LogP contribution < -0.4 is 20.7 Å². The number of carbonyl (C=O) groups excluding carboxylic acids is 2. The molecule has 0 aromatic heterocycles. The minimum absolute atomic E-state index is 0.0300. The second-order valence-electron chi connectivity index (χ2n) is 5.83. The Balaban J connectivity index is 1.65. The fraction of sp³-hybridized carbons (Fsp3) is 0.263. The summed E-state index contributed by atoms with van der Waals surface area (Å²) in [6, 6.07) is 14.1. The molecule has 0 saturated carbocycles. The van der Waals surface area contributed by atoms with Crippen molar-refractivity contribution >= 4 is 28.9 Å². The van der Waals surface area contributed by atoms with Gasteiger partial charge in [-0.15, -0.1) is 0 Å². The Labute approximate surface area is 146 Å². The summed E-state index contributed by atoms with van der Waals surface area (Å²) in [4.78, 5) is 24.6. The van der Waals surface area contributed by atoms with Gasteiger partial charge in [0.05, 0.1) is 30.1 Å². The first kappa shape index (κ1) is 16.8. The number of rotatable bonds is 6. The minimum Gasteiger partial charge on any atom is -0.491 e. The summed E-state index contributed by atoms with van der Waals surface area (Å²) in [6.07, 6.45) is 0.913. The summed E-state index contributed by atoms with van der Waals surface area (Å²) in [7, 11) is 0. The minimum atomic E-state index is -0.612. The number of benzene rings is 2. The third kappa shape index (κ3) is 4.09. The molecule has 2 aromatic carbocycles. The van der Waals surface area contributed by atoms with Crippen molar-refractivity contribution in [1.82, 2.24) is 0 Å². The highest BCUT2D eigenvalue weighted by Crippen LogP contribution is 2.28. The molecule has 25 heavy (non-hydrogen) atoms. The topological polar surface area (TPSA) is 79.5 Å². The van der Waals surface area contributed by atoms with Crippen molar-refractivity contribution in [2.24, 2.45) is 0 Å². The molecule has 3 N–H and O–H groups in total. The van der Waals surface area contributed by atoms with E-state index in [2.05, 4.69) is 16.0 Å². The molecule has 1 aliphatic heterocycles. The van der Waals surface area contributed by atoms with Crippen molar-refractivity contribution in [3.8, 4) is 5.75 Å². The molecule has 0 unspecified atom stereocenters. The number of carbonyl (C=O) groups is 2. The first-order chi connectivity index (χ1) is 12.2. The van der Waals surface area contributed by atoms with E-state index in [1.807, 2.05) is 49.4 Å². The zero-order valence-electron chi connectivity index (χ0n) is 14.0. The summed E-state index contributed by atoms with van der Waals surface area (Å²) in [5, 5.41) is 8.75. The molecule has 130 valence electrons. The van der Waals surface area contributed by atoms with Crippen molar-refractivity contribution in [2.75, 3.05) is 22.6 Å². The highest BCUT2D eigenvalue weighted by Gasteiger charge is 2.27. The van der Waals surface area contributed by atoms with Gasteiger partial charge in [0.25, 0.3) is 0 Å². The number of amides is 2. The second-order valence-corrected chi connectivity index (χ2v) is 5.83. The fourth-order valence-electron chi connectivity index (χ4n) is 2.63. The van der Waals surface area contributed by atoms with Crippen LogP contribution in [-0.2, 0) is 9.59 Å². The molecule has 2 amide bonds. The van der Waals surface area contributed by atoms with Gasteiger partial charge in [0.15, 0.2) is 0 Å². The number of hydrogen-bond donors (Lipinski definition) is 3. The predicted octanol–water partition coefficient (Wildman–Crippen LogP) is 3.24. The van der Waals surface area contributed by atoms with Crippen LogP contribution in [0.15, 0.2) is 48.5 Å². The van der Waals surface area contributed by atoms with Crippen molar-refractivity contribution in [3.63, 3.8) is 0 Å². The van der Waals surface area contributed by atoms with Crippen molar-refractivity contribution in [3.05, 3.63) is 48.5 Å². The van der Waals surface area contributed by atoms with E-state index >= 15 is 0 Å². The maximum Gasteiger partial charge on any atom is 0.247 e. The number of para-hydroxylation sites is 4. The van der Waals surface area contributed by atoms with Crippen LogP contribution >= 0.6 is 0 Å². The van der Waals surface area contributed by atoms with Gasteiger partial charge >= 0.3 is 0 Å². The summed E-state index contributed by atoms with van der Waals surface area (Å²) >= 11 is 0. The Bertz CT molecular complexity index is 776. The lowest BCUT2D eigenvalue weighted by Gasteiger charge is -2.26. The smallest absolute Gasteiger partial charge is 0.247 e. The molecule has 0 fully saturated rings. The number of anilines is 3. The Morgan fingerprint density at radius 3 is 2.64 bits per heavy atom. The van der Waals surface area contributed by atoms with E-state index in [4.69, 9.17) is 4.74 Å². The Morgan fingerprint density at radius 1 is 1.12 bits per heavy atom. The van der Waals surface area contributed by atoms with Crippen molar-refractivity contribution in [1.29, 1.82) is 0 Å². The van der Waals surface area contributed by atoms with E-state index in [0.29, 0.717) is 18.0 Å². The summed E-state index contributed by atoms with van der Waals surface area (Å²) in [5.74, 6) is 0.160. The van der Waals surface area contributed by atoms with Crippen LogP contribution in [0.1, 0.15) is 19.8 Å². The van der Waals surface area contributed by atoms with Crippen LogP contribution in [0.2, 0.25) is 0 Å². The number of hydrogen-bond acceptors (Lipinski definition) is 4. The molecule has 1 atom stereocenters. The third-order valence-corrected chi connectivity index (χ3v) is 3.84. The fourth-order valence-corrected chi connectivity index (χ4v) is 2.63. The normalized spacial score (nSPS) is 15.6. The summed E-state index contributed by atoms with van der Waals surface area (Å²) in [5.41, 5.74) is 2.15. The largest absolute Gasteiger partial charge is 0.491 e. The van der Waals surface area contributed by atoms with E-state index in [1.54, 1.807) is 6.07 Å². The molecule has 1 heterocycles. The average Bonchev–Trinajstić information content (AvgIpc) is 2.61. The molecular weight excluding hydrogens is 318 g/mol. The maximum atomic E-state index is 12.4. The van der Waals surface area contributed by atoms with Crippen LogP contribution in [0.3, 0.4) is 0 Å². The molecule has 3 rings (SSSR count). The maximum absolute atomic E-state index is 12.4. The molecule has 6 nitrogen and oxygen atoms in total. The van der Waals surface area contributed by atoms with Crippen LogP contribution in [0.4, 0.5) is 17.1 Å². The van der Waals surface area contributed by atoms with Gasteiger partial charge in [-0.3, -0.25) is 9.59 Å². The van der Waals surface area contributed by atoms with Gasteiger partial charge in [0, 0.05) is 0 Å². The van der Waals surface area contributed by atoms with Crippen LogP contribution in [0, 0.1) is 0 Å². The molecule has 0 aliphatic carbocycles. The van der Waals surface area contributed by atoms with E-state index in [1.165, 1.54) is 0 Å². The zero-order valence-corrected chi connectivity index (χ0v) is 14.0. The van der Waals surface area contributed by atoms with Crippen molar-refractivity contribution < 1.29 is 14.3 Å². The molecule has 1 aliphatic rings. The van der Waals surface area contributed by atoms with Crippen molar-refractivity contribution in [2.45, 2.75) is 25.8 Å². The van der Waals surface area contributed by atoms with E-state index in [9.17, 15) is 9.59 Å². The SMILES string of the molecule is CCCOc1ccccc1NC(=O)C[C@H]1Nc2ccccc2NC1=O. The molecule has 0 radical (unpaired) electrons. The molecule has 0 bridgehead atoms. The van der Waals surface area contributed by atoms with Gasteiger partial charge in [-0.2, -0.15) is 0 Å². The lowest BCUT2D eigenvalue weighted by molar-refractivity contribution is -0.122. The zero-order chi connectivity index (χ0) is 17.6. The lowest BCUT2D eigenvalue weighted by atomic mass is 10.1. The standard InChI is InChI=1S/C19H21N3O3/c1-2-11-25-17-10-6-5-9-15(17)21-18(23)12-16-19(24)22-14-8-4-3-7-13(14)20-16/h3-10,16,20H,2,11-12H2,1H3,(H,21,23)(H,22,24)/t16-/m1/s1. The molecule has 0 spiro atoms. The van der Waals surface area contributed by atoms with E-state index in [0.717, 1.165) is 17.8 Å². The Kier molecular flexibility index (Phi) is 5.18.